The maximum absolute atomic E-state index is 5.41. The van der Waals surface area contributed by atoms with Gasteiger partial charge in [0.05, 0.1) is 19.0 Å². The summed E-state index contributed by atoms with van der Waals surface area (Å²) in [7, 11) is 0. The second-order valence-electron chi connectivity index (χ2n) is 5.06. The number of nitrogens with one attached hydrogen (secondary N) is 1. The summed E-state index contributed by atoms with van der Waals surface area (Å²) in [6.07, 6.45) is 4.76. The van der Waals surface area contributed by atoms with E-state index in [4.69, 9.17) is 4.74 Å². The third-order valence-electron chi connectivity index (χ3n) is 3.92. The molecule has 2 saturated heterocycles. The van der Waals surface area contributed by atoms with Crippen molar-refractivity contribution in [3.8, 4) is 5.88 Å². The van der Waals surface area contributed by atoms with Gasteiger partial charge in [0.1, 0.15) is 0 Å². The summed E-state index contributed by atoms with van der Waals surface area (Å²) < 4.78 is 5.41. The molecule has 0 spiro atoms. The molecule has 0 saturated carbocycles. The summed E-state index contributed by atoms with van der Waals surface area (Å²) in [4.78, 5) is 11.1. The predicted octanol–water partition coefficient (Wildman–Crippen LogP) is 0.921. The fourth-order valence-corrected chi connectivity index (χ4v) is 2.95. The average molecular weight is 248 g/mol. The molecule has 98 valence electrons. The lowest BCUT2D eigenvalue weighted by Crippen LogP contribution is -2.40. The maximum Gasteiger partial charge on any atom is 0.234 e. The predicted molar refractivity (Wildman–Crippen MR) is 69.9 cm³/mol. The fourth-order valence-electron chi connectivity index (χ4n) is 2.95. The summed E-state index contributed by atoms with van der Waals surface area (Å²) >= 11 is 0. The Bertz CT molecular complexity index is 412. The van der Waals surface area contributed by atoms with Crippen LogP contribution in [0.25, 0.3) is 0 Å². The van der Waals surface area contributed by atoms with Crippen LogP contribution in [-0.4, -0.2) is 42.8 Å². The summed E-state index contributed by atoms with van der Waals surface area (Å²) in [6, 6.07) is 0. The first kappa shape index (κ1) is 11.7. The molecule has 5 nitrogen and oxygen atoms in total. The largest absolute Gasteiger partial charge is 0.477 e. The van der Waals surface area contributed by atoms with Gasteiger partial charge in [-0.3, -0.25) is 4.98 Å². The Morgan fingerprint density at radius 3 is 3.17 bits per heavy atom. The standard InChI is InChI=1S/C13H20N4O/c1-2-18-13-8-15-7-12(16-13)17-4-3-10-5-14-6-11(10)9-17/h7-8,10-11,14H,2-6,9H2,1H3. The van der Waals surface area contributed by atoms with Crippen molar-refractivity contribution in [2.75, 3.05) is 37.7 Å². The van der Waals surface area contributed by atoms with E-state index in [1.54, 1.807) is 6.20 Å². The van der Waals surface area contributed by atoms with E-state index in [2.05, 4.69) is 20.2 Å². The molecule has 1 aromatic heterocycles. The van der Waals surface area contributed by atoms with E-state index in [1.807, 2.05) is 13.1 Å². The minimum absolute atomic E-state index is 0.627. The lowest BCUT2D eigenvalue weighted by atomic mass is 9.89. The molecule has 2 aliphatic rings. The highest BCUT2D eigenvalue weighted by Gasteiger charge is 2.33. The van der Waals surface area contributed by atoms with Crippen molar-refractivity contribution >= 4 is 5.82 Å². The van der Waals surface area contributed by atoms with Crippen LogP contribution in [0.4, 0.5) is 5.82 Å². The van der Waals surface area contributed by atoms with Crippen molar-refractivity contribution in [1.29, 1.82) is 0 Å². The van der Waals surface area contributed by atoms with Gasteiger partial charge in [0, 0.05) is 13.1 Å². The quantitative estimate of drug-likeness (QED) is 0.862. The number of ether oxygens (including phenoxy) is 1. The van der Waals surface area contributed by atoms with Crippen LogP contribution in [0.5, 0.6) is 5.88 Å². The highest BCUT2D eigenvalue weighted by atomic mass is 16.5. The number of aromatic nitrogens is 2. The molecule has 1 aromatic rings. The van der Waals surface area contributed by atoms with Crippen LogP contribution in [0.1, 0.15) is 13.3 Å². The molecule has 18 heavy (non-hydrogen) atoms. The first-order valence-electron chi connectivity index (χ1n) is 6.77. The molecule has 0 aromatic carbocycles. The Balaban J connectivity index is 1.72. The summed E-state index contributed by atoms with van der Waals surface area (Å²) in [5.41, 5.74) is 0. The molecule has 2 unspecified atom stereocenters. The molecule has 0 amide bonds. The van der Waals surface area contributed by atoms with Crippen molar-refractivity contribution in [3.05, 3.63) is 12.4 Å². The average Bonchev–Trinajstić information content (AvgIpc) is 2.86. The molecule has 1 N–H and O–H groups in total. The fraction of sp³-hybridized carbons (Fsp3) is 0.692. The number of hydrogen-bond donors (Lipinski definition) is 1. The molecule has 3 rings (SSSR count). The van der Waals surface area contributed by atoms with E-state index in [-0.39, 0.29) is 0 Å². The number of hydrogen-bond acceptors (Lipinski definition) is 5. The topological polar surface area (TPSA) is 50.3 Å². The highest BCUT2D eigenvalue weighted by molar-refractivity contribution is 5.38. The van der Waals surface area contributed by atoms with E-state index in [1.165, 1.54) is 13.0 Å². The van der Waals surface area contributed by atoms with Crippen LogP contribution < -0.4 is 15.0 Å². The van der Waals surface area contributed by atoms with Gasteiger partial charge in [0.15, 0.2) is 5.82 Å². The zero-order valence-electron chi connectivity index (χ0n) is 10.8. The van der Waals surface area contributed by atoms with Crippen LogP contribution in [0.3, 0.4) is 0 Å². The van der Waals surface area contributed by atoms with Crippen molar-refractivity contribution in [2.24, 2.45) is 11.8 Å². The van der Waals surface area contributed by atoms with Crippen LogP contribution in [-0.2, 0) is 0 Å². The van der Waals surface area contributed by atoms with Crippen molar-refractivity contribution in [2.45, 2.75) is 13.3 Å². The molecular formula is C13H20N4O. The Morgan fingerprint density at radius 2 is 2.28 bits per heavy atom. The Morgan fingerprint density at radius 1 is 1.39 bits per heavy atom. The Labute approximate surface area is 108 Å². The van der Waals surface area contributed by atoms with Gasteiger partial charge in [-0.05, 0) is 38.3 Å². The number of nitrogens with zero attached hydrogens (tertiary/aromatic N) is 3. The Kier molecular flexibility index (Phi) is 3.32. The minimum Gasteiger partial charge on any atom is -0.477 e. The molecule has 2 aliphatic heterocycles. The second kappa shape index (κ2) is 5.10. The smallest absolute Gasteiger partial charge is 0.234 e. The van der Waals surface area contributed by atoms with Gasteiger partial charge < -0.3 is 15.0 Å². The van der Waals surface area contributed by atoms with Crippen LogP contribution in [0.15, 0.2) is 12.4 Å². The van der Waals surface area contributed by atoms with Crippen LogP contribution in [0.2, 0.25) is 0 Å². The third kappa shape index (κ3) is 2.27. The van der Waals surface area contributed by atoms with Gasteiger partial charge in [0.2, 0.25) is 5.88 Å². The Hall–Kier alpha value is -1.36. The lowest BCUT2D eigenvalue weighted by Gasteiger charge is -2.35. The van der Waals surface area contributed by atoms with E-state index in [0.717, 1.165) is 37.3 Å². The first-order chi connectivity index (χ1) is 8.86. The zero-order chi connectivity index (χ0) is 12.4. The van der Waals surface area contributed by atoms with Gasteiger partial charge >= 0.3 is 0 Å². The van der Waals surface area contributed by atoms with Gasteiger partial charge in [-0.25, -0.2) is 0 Å². The zero-order valence-corrected chi connectivity index (χ0v) is 10.8. The second-order valence-corrected chi connectivity index (χ2v) is 5.06. The highest BCUT2D eigenvalue weighted by Crippen LogP contribution is 2.29. The molecule has 3 heterocycles. The molecule has 0 bridgehead atoms. The molecule has 2 atom stereocenters. The third-order valence-corrected chi connectivity index (χ3v) is 3.92. The normalized spacial score (nSPS) is 27.1. The van der Waals surface area contributed by atoms with E-state index < -0.39 is 0 Å². The summed E-state index contributed by atoms with van der Waals surface area (Å²) in [5.74, 6) is 3.19. The monoisotopic (exact) mass is 248 g/mol. The lowest BCUT2D eigenvalue weighted by molar-refractivity contribution is 0.322. The molecule has 0 radical (unpaired) electrons. The van der Waals surface area contributed by atoms with E-state index >= 15 is 0 Å². The SMILES string of the molecule is CCOc1cncc(N2CCC3CNCC3C2)n1. The molecule has 5 heteroatoms. The number of rotatable bonds is 3. The number of fused-ring (bicyclic) bond motifs is 1. The van der Waals surface area contributed by atoms with E-state index in [9.17, 15) is 0 Å². The maximum atomic E-state index is 5.41. The van der Waals surface area contributed by atoms with Crippen LogP contribution in [0, 0.1) is 11.8 Å². The van der Waals surface area contributed by atoms with Crippen molar-refractivity contribution in [3.63, 3.8) is 0 Å². The van der Waals surface area contributed by atoms with Gasteiger partial charge in [-0.15, -0.1) is 0 Å². The summed E-state index contributed by atoms with van der Waals surface area (Å²) in [5, 5.41) is 3.48. The summed E-state index contributed by atoms with van der Waals surface area (Å²) in [6.45, 7) is 7.08. The molecular weight excluding hydrogens is 228 g/mol. The first-order valence-corrected chi connectivity index (χ1v) is 6.77. The van der Waals surface area contributed by atoms with E-state index in [0.29, 0.717) is 12.5 Å². The van der Waals surface area contributed by atoms with Crippen LogP contribution >= 0.6 is 0 Å². The number of piperidine rings is 1. The van der Waals surface area contributed by atoms with Gasteiger partial charge in [-0.1, -0.05) is 0 Å². The van der Waals surface area contributed by atoms with Crippen molar-refractivity contribution < 1.29 is 4.74 Å². The minimum atomic E-state index is 0.627. The van der Waals surface area contributed by atoms with Gasteiger partial charge in [-0.2, -0.15) is 4.98 Å². The number of anilines is 1. The van der Waals surface area contributed by atoms with Crippen molar-refractivity contribution in [1.82, 2.24) is 15.3 Å². The molecule has 0 aliphatic carbocycles. The molecule has 2 fully saturated rings. The van der Waals surface area contributed by atoms with Gasteiger partial charge in [0.25, 0.3) is 0 Å².